The third kappa shape index (κ3) is 4.18. The highest BCUT2D eigenvalue weighted by atomic mass is 79.9. The van der Waals surface area contributed by atoms with Crippen molar-refractivity contribution in [2.24, 2.45) is 0 Å². The summed E-state index contributed by atoms with van der Waals surface area (Å²) in [6, 6.07) is 11.2. The minimum Gasteiger partial charge on any atom is -0.493 e. The molecule has 3 aromatic rings. The predicted octanol–water partition coefficient (Wildman–Crippen LogP) is 4.36. The maximum atomic E-state index is 12.4. The lowest BCUT2D eigenvalue weighted by Crippen LogP contribution is -2.11. The Morgan fingerprint density at radius 3 is 2.75 bits per heavy atom. The number of aromatic nitrogens is 2. The SMILES string of the molecule is COc1cc(/C=C(\C#N)c2nc3ccc(Br)cc3c(=O)[nH]2)ccc1OC(F)F. The van der Waals surface area contributed by atoms with E-state index >= 15 is 0 Å². The molecule has 0 bridgehead atoms. The summed E-state index contributed by atoms with van der Waals surface area (Å²) in [6.07, 6.45) is 1.46. The molecule has 0 amide bonds. The van der Waals surface area contributed by atoms with E-state index in [0.717, 1.165) is 4.47 Å². The van der Waals surface area contributed by atoms with E-state index < -0.39 is 6.61 Å². The summed E-state index contributed by atoms with van der Waals surface area (Å²) in [5.41, 5.74) is 0.613. The Bertz CT molecular complexity index is 1170. The topological polar surface area (TPSA) is 88.0 Å². The van der Waals surface area contributed by atoms with Crippen LogP contribution in [0.5, 0.6) is 11.5 Å². The van der Waals surface area contributed by atoms with Crippen LogP contribution in [0.4, 0.5) is 8.78 Å². The number of allylic oxidation sites excluding steroid dienone is 1. The molecule has 0 aliphatic rings. The summed E-state index contributed by atoms with van der Waals surface area (Å²) in [6.45, 7) is -2.99. The summed E-state index contributed by atoms with van der Waals surface area (Å²) in [5, 5.41) is 9.89. The number of nitriles is 1. The van der Waals surface area contributed by atoms with Crippen molar-refractivity contribution in [1.82, 2.24) is 9.97 Å². The second kappa shape index (κ2) is 8.19. The van der Waals surface area contributed by atoms with Gasteiger partial charge in [-0.25, -0.2) is 4.98 Å². The molecule has 28 heavy (non-hydrogen) atoms. The van der Waals surface area contributed by atoms with E-state index in [0.29, 0.717) is 16.5 Å². The number of nitrogens with one attached hydrogen (secondary N) is 1. The van der Waals surface area contributed by atoms with Crippen molar-refractivity contribution in [1.29, 1.82) is 5.26 Å². The van der Waals surface area contributed by atoms with E-state index in [2.05, 4.69) is 30.6 Å². The number of ether oxygens (including phenoxy) is 2. The molecule has 0 spiro atoms. The van der Waals surface area contributed by atoms with Crippen LogP contribution in [-0.4, -0.2) is 23.7 Å². The van der Waals surface area contributed by atoms with Gasteiger partial charge in [-0.05, 0) is 42.0 Å². The first-order valence-corrected chi connectivity index (χ1v) is 8.65. The van der Waals surface area contributed by atoms with Crippen LogP contribution in [0.1, 0.15) is 11.4 Å². The zero-order valence-corrected chi connectivity index (χ0v) is 16.0. The lowest BCUT2D eigenvalue weighted by atomic mass is 10.1. The number of benzene rings is 2. The highest BCUT2D eigenvalue weighted by molar-refractivity contribution is 9.10. The second-order valence-electron chi connectivity index (χ2n) is 5.53. The van der Waals surface area contributed by atoms with E-state index in [1.54, 1.807) is 18.2 Å². The average molecular weight is 448 g/mol. The van der Waals surface area contributed by atoms with E-state index in [9.17, 15) is 18.8 Å². The van der Waals surface area contributed by atoms with Gasteiger partial charge in [-0.15, -0.1) is 0 Å². The molecule has 0 unspecified atom stereocenters. The van der Waals surface area contributed by atoms with Crippen LogP contribution >= 0.6 is 15.9 Å². The fourth-order valence-corrected chi connectivity index (χ4v) is 2.89. The molecule has 1 heterocycles. The zero-order chi connectivity index (χ0) is 20.3. The van der Waals surface area contributed by atoms with E-state index in [1.165, 1.54) is 31.4 Å². The Kier molecular flexibility index (Phi) is 5.70. The van der Waals surface area contributed by atoms with Crippen molar-refractivity contribution < 1.29 is 18.3 Å². The van der Waals surface area contributed by atoms with Crippen LogP contribution in [0.15, 0.2) is 45.7 Å². The van der Waals surface area contributed by atoms with Crippen molar-refractivity contribution in [3.63, 3.8) is 0 Å². The number of methoxy groups -OCH3 is 1. The van der Waals surface area contributed by atoms with Crippen molar-refractivity contribution in [2.45, 2.75) is 6.61 Å². The number of fused-ring (bicyclic) bond motifs is 1. The molecule has 0 radical (unpaired) electrons. The summed E-state index contributed by atoms with van der Waals surface area (Å²) in [5.74, 6) is 0.0429. The minimum absolute atomic E-state index is 0.0798. The van der Waals surface area contributed by atoms with Crippen LogP contribution in [0.3, 0.4) is 0 Å². The third-order valence-electron chi connectivity index (χ3n) is 3.76. The first-order valence-electron chi connectivity index (χ1n) is 7.86. The van der Waals surface area contributed by atoms with Gasteiger partial charge < -0.3 is 14.5 Å². The van der Waals surface area contributed by atoms with Crippen LogP contribution in [-0.2, 0) is 0 Å². The Hall–Kier alpha value is -3.25. The van der Waals surface area contributed by atoms with Gasteiger partial charge >= 0.3 is 6.61 Å². The largest absolute Gasteiger partial charge is 0.493 e. The Morgan fingerprint density at radius 2 is 2.07 bits per heavy atom. The molecule has 0 saturated carbocycles. The van der Waals surface area contributed by atoms with Gasteiger partial charge in [-0.1, -0.05) is 22.0 Å². The molecule has 142 valence electrons. The third-order valence-corrected chi connectivity index (χ3v) is 4.25. The van der Waals surface area contributed by atoms with Crippen LogP contribution in [0.2, 0.25) is 0 Å². The van der Waals surface area contributed by atoms with E-state index in [1.807, 2.05) is 6.07 Å². The number of nitrogens with zero attached hydrogens (tertiary/aromatic N) is 2. The van der Waals surface area contributed by atoms with Gasteiger partial charge in [0.2, 0.25) is 0 Å². The highest BCUT2D eigenvalue weighted by Gasteiger charge is 2.12. The number of halogens is 3. The molecular formula is C19H12BrF2N3O3. The Morgan fingerprint density at radius 1 is 1.29 bits per heavy atom. The highest BCUT2D eigenvalue weighted by Crippen LogP contribution is 2.30. The minimum atomic E-state index is -2.99. The molecule has 9 heteroatoms. The van der Waals surface area contributed by atoms with E-state index in [4.69, 9.17) is 4.74 Å². The van der Waals surface area contributed by atoms with Gasteiger partial charge in [-0.3, -0.25) is 4.79 Å². The summed E-state index contributed by atoms with van der Waals surface area (Å²) >= 11 is 3.29. The molecule has 0 aliphatic heterocycles. The van der Waals surface area contributed by atoms with Gasteiger partial charge in [0.1, 0.15) is 6.07 Å². The molecule has 0 aliphatic carbocycles. The van der Waals surface area contributed by atoms with Crippen molar-refractivity contribution in [3.8, 4) is 17.6 Å². The Labute approximate surface area is 166 Å². The standard InChI is InChI=1S/C19H12BrF2N3O3/c1-27-16-7-10(2-5-15(16)28-19(21)22)6-11(9-23)17-24-14-4-3-12(20)8-13(14)18(26)25-17/h2-8,19H,1H3,(H,24,25,26)/b11-6+. The molecule has 0 atom stereocenters. The number of rotatable bonds is 5. The maximum absolute atomic E-state index is 12.4. The molecule has 0 fully saturated rings. The van der Waals surface area contributed by atoms with Crippen molar-refractivity contribution >= 4 is 38.5 Å². The molecule has 3 rings (SSSR count). The summed E-state index contributed by atoms with van der Waals surface area (Å²) in [4.78, 5) is 19.2. The predicted molar refractivity (Wildman–Crippen MR) is 103 cm³/mol. The Balaban J connectivity index is 2.05. The number of hydrogen-bond donors (Lipinski definition) is 1. The molecular weight excluding hydrogens is 436 g/mol. The van der Waals surface area contributed by atoms with Gasteiger partial charge in [0.25, 0.3) is 5.56 Å². The fourth-order valence-electron chi connectivity index (χ4n) is 2.53. The second-order valence-corrected chi connectivity index (χ2v) is 6.45. The monoisotopic (exact) mass is 447 g/mol. The lowest BCUT2D eigenvalue weighted by molar-refractivity contribution is -0.0512. The summed E-state index contributed by atoms with van der Waals surface area (Å²) < 4.78 is 35.0. The zero-order valence-electron chi connectivity index (χ0n) is 14.4. The first kappa shape index (κ1) is 19.5. The summed E-state index contributed by atoms with van der Waals surface area (Å²) in [7, 11) is 1.31. The number of aromatic amines is 1. The lowest BCUT2D eigenvalue weighted by Gasteiger charge is -2.10. The smallest absolute Gasteiger partial charge is 0.387 e. The van der Waals surface area contributed by atoms with Crippen LogP contribution < -0.4 is 15.0 Å². The average Bonchev–Trinajstić information content (AvgIpc) is 2.67. The fraction of sp³-hybridized carbons (Fsp3) is 0.105. The molecule has 1 aromatic heterocycles. The first-order chi connectivity index (χ1) is 13.4. The van der Waals surface area contributed by atoms with Gasteiger partial charge in [0, 0.05) is 4.47 Å². The maximum Gasteiger partial charge on any atom is 0.387 e. The van der Waals surface area contributed by atoms with Crippen LogP contribution in [0.25, 0.3) is 22.6 Å². The van der Waals surface area contributed by atoms with Crippen LogP contribution in [0, 0.1) is 11.3 Å². The normalized spacial score (nSPS) is 11.5. The van der Waals surface area contributed by atoms with Crippen molar-refractivity contribution in [3.05, 3.63) is 62.6 Å². The quantitative estimate of drug-likeness (QED) is 0.587. The van der Waals surface area contributed by atoms with Gasteiger partial charge in [-0.2, -0.15) is 14.0 Å². The van der Waals surface area contributed by atoms with Crippen molar-refractivity contribution in [2.75, 3.05) is 7.11 Å². The number of H-pyrrole nitrogens is 1. The van der Waals surface area contributed by atoms with Gasteiger partial charge in [0.05, 0.1) is 23.6 Å². The van der Waals surface area contributed by atoms with Gasteiger partial charge in [0.15, 0.2) is 17.3 Å². The number of alkyl halides is 2. The molecule has 1 N–H and O–H groups in total. The molecule has 6 nitrogen and oxygen atoms in total. The number of hydrogen-bond acceptors (Lipinski definition) is 5. The van der Waals surface area contributed by atoms with E-state index in [-0.39, 0.29) is 28.5 Å². The molecule has 2 aromatic carbocycles. The molecule has 0 saturated heterocycles.